The Morgan fingerprint density at radius 1 is 1.34 bits per heavy atom. The molecule has 0 bridgehead atoms. The van der Waals surface area contributed by atoms with Crippen LogP contribution in [0.15, 0.2) is 29.3 Å². The molecule has 1 aromatic carbocycles. The van der Waals surface area contributed by atoms with E-state index in [1.54, 1.807) is 0 Å². The summed E-state index contributed by atoms with van der Waals surface area (Å²) >= 11 is 0. The van der Waals surface area contributed by atoms with Gasteiger partial charge in [0.2, 0.25) is 0 Å². The van der Waals surface area contributed by atoms with Gasteiger partial charge in [-0.2, -0.15) is 0 Å². The van der Waals surface area contributed by atoms with Crippen LogP contribution in [0.4, 0.5) is 5.69 Å². The second kappa shape index (κ2) is 10.4. The number of nitro benzene ring substituents is 1. The average molecular weight is 405 g/mol. The van der Waals surface area contributed by atoms with Crippen LogP contribution in [0.2, 0.25) is 0 Å². The molecule has 0 amide bonds. The number of benzene rings is 1. The minimum atomic E-state index is -0.754. The minimum Gasteiger partial charge on any atom is -0.491 e. The largest absolute Gasteiger partial charge is 0.491 e. The van der Waals surface area contributed by atoms with Gasteiger partial charge < -0.3 is 20.1 Å². The highest BCUT2D eigenvalue weighted by Crippen LogP contribution is 2.20. The molecular weight excluding hydrogens is 374 g/mol. The van der Waals surface area contributed by atoms with Crippen molar-refractivity contribution >= 4 is 11.6 Å². The number of hydrogen-bond acceptors (Lipinski definition) is 6. The summed E-state index contributed by atoms with van der Waals surface area (Å²) in [5.41, 5.74) is 0.00984. The summed E-state index contributed by atoms with van der Waals surface area (Å²) < 4.78 is 5.52. The van der Waals surface area contributed by atoms with E-state index in [1.165, 1.54) is 50.2 Å². The standard InChI is InChI=1S/C20H31N5O4/c1-2-21-20(24-12-9-17(14-24)23-10-3-4-11-23)22-13-18(26)15-29-19-7-5-16(6-8-19)25(27)28/h5-8,17-18,26H,2-4,9-15H2,1H3,(H,21,22). The molecule has 160 valence electrons. The summed E-state index contributed by atoms with van der Waals surface area (Å²) in [6, 6.07) is 6.42. The Morgan fingerprint density at radius 2 is 2.07 bits per heavy atom. The van der Waals surface area contributed by atoms with Crippen molar-refractivity contribution in [1.29, 1.82) is 0 Å². The van der Waals surface area contributed by atoms with E-state index in [4.69, 9.17) is 4.74 Å². The van der Waals surface area contributed by atoms with Crippen LogP contribution >= 0.6 is 0 Å². The number of likely N-dealkylation sites (tertiary alicyclic amines) is 2. The summed E-state index contributed by atoms with van der Waals surface area (Å²) in [5, 5.41) is 24.2. The SMILES string of the molecule is CCNC(=NCC(O)COc1ccc([N+](=O)[O-])cc1)N1CCC(N2CCCC2)C1. The number of nitro groups is 1. The molecule has 1 aromatic rings. The first-order valence-corrected chi connectivity index (χ1v) is 10.4. The van der Waals surface area contributed by atoms with Crippen LogP contribution in [0.25, 0.3) is 0 Å². The summed E-state index contributed by atoms with van der Waals surface area (Å²) in [6.07, 6.45) is 2.99. The Balaban J connectivity index is 1.48. The molecule has 0 spiro atoms. The van der Waals surface area contributed by atoms with E-state index >= 15 is 0 Å². The number of rotatable bonds is 8. The van der Waals surface area contributed by atoms with Crippen molar-refractivity contribution in [2.24, 2.45) is 4.99 Å². The first kappa shape index (κ1) is 21.3. The molecule has 29 heavy (non-hydrogen) atoms. The number of nitrogens with one attached hydrogen (secondary N) is 1. The van der Waals surface area contributed by atoms with Gasteiger partial charge in [0.25, 0.3) is 5.69 Å². The Kier molecular flexibility index (Phi) is 7.65. The van der Waals surface area contributed by atoms with Gasteiger partial charge in [0.05, 0.1) is 11.5 Å². The third kappa shape index (κ3) is 6.04. The van der Waals surface area contributed by atoms with Gasteiger partial charge in [-0.1, -0.05) is 0 Å². The van der Waals surface area contributed by atoms with Crippen LogP contribution in [0.3, 0.4) is 0 Å². The summed E-state index contributed by atoms with van der Waals surface area (Å²) in [5.74, 6) is 1.32. The lowest BCUT2D eigenvalue weighted by Crippen LogP contribution is -2.43. The van der Waals surface area contributed by atoms with Gasteiger partial charge in [0, 0.05) is 37.8 Å². The van der Waals surface area contributed by atoms with Crippen LogP contribution in [0, 0.1) is 10.1 Å². The highest BCUT2D eigenvalue weighted by atomic mass is 16.6. The molecule has 2 aliphatic heterocycles. The summed E-state index contributed by atoms with van der Waals surface area (Å²) in [4.78, 5) is 19.7. The van der Waals surface area contributed by atoms with Gasteiger partial charge in [-0.15, -0.1) is 0 Å². The van der Waals surface area contributed by atoms with E-state index in [2.05, 4.69) is 20.1 Å². The van der Waals surface area contributed by atoms with Gasteiger partial charge >= 0.3 is 0 Å². The molecule has 0 aromatic heterocycles. The average Bonchev–Trinajstić information content (AvgIpc) is 3.41. The molecule has 0 saturated carbocycles. The number of aliphatic imine (C=N–C) groups is 1. The predicted octanol–water partition coefficient (Wildman–Crippen LogP) is 1.47. The van der Waals surface area contributed by atoms with Crippen molar-refractivity contribution in [3.63, 3.8) is 0 Å². The zero-order valence-corrected chi connectivity index (χ0v) is 17.0. The lowest BCUT2D eigenvalue weighted by atomic mass is 10.2. The lowest BCUT2D eigenvalue weighted by Gasteiger charge is -2.25. The van der Waals surface area contributed by atoms with E-state index in [1.807, 2.05) is 6.92 Å². The van der Waals surface area contributed by atoms with Crippen molar-refractivity contribution in [1.82, 2.24) is 15.1 Å². The summed E-state index contributed by atoms with van der Waals surface area (Å²) in [7, 11) is 0. The second-order valence-electron chi connectivity index (χ2n) is 7.54. The van der Waals surface area contributed by atoms with Gasteiger partial charge in [-0.3, -0.25) is 20.0 Å². The van der Waals surface area contributed by atoms with Crippen molar-refractivity contribution in [3.05, 3.63) is 34.4 Å². The second-order valence-corrected chi connectivity index (χ2v) is 7.54. The van der Waals surface area contributed by atoms with Crippen molar-refractivity contribution in [2.75, 3.05) is 45.9 Å². The molecule has 9 nitrogen and oxygen atoms in total. The number of guanidine groups is 1. The van der Waals surface area contributed by atoms with Crippen molar-refractivity contribution in [2.45, 2.75) is 38.3 Å². The lowest BCUT2D eigenvalue weighted by molar-refractivity contribution is -0.384. The minimum absolute atomic E-state index is 0.00984. The topological polar surface area (TPSA) is 103 Å². The smallest absolute Gasteiger partial charge is 0.269 e. The third-order valence-corrected chi connectivity index (χ3v) is 5.40. The number of aliphatic hydroxyl groups excluding tert-OH is 1. The first-order chi connectivity index (χ1) is 14.1. The molecule has 2 N–H and O–H groups in total. The highest BCUT2D eigenvalue weighted by molar-refractivity contribution is 5.80. The van der Waals surface area contributed by atoms with Crippen LogP contribution in [0.5, 0.6) is 5.75 Å². The van der Waals surface area contributed by atoms with Crippen LogP contribution in [-0.2, 0) is 0 Å². The molecule has 2 unspecified atom stereocenters. The van der Waals surface area contributed by atoms with Crippen molar-refractivity contribution < 1.29 is 14.8 Å². The van der Waals surface area contributed by atoms with E-state index < -0.39 is 11.0 Å². The normalized spacial score (nSPS) is 21.4. The molecule has 2 aliphatic rings. The quantitative estimate of drug-likeness (QED) is 0.292. The Morgan fingerprint density at radius 3 is 2.72 bits per heavy atom. The van der Waals surface area contributed by atoms with Gasteiger partial charge in [-0.25, -0.2) is 0 Å². The number of hydrogen-bond donors (Lipinski definition) is 2. The fourth-order valence-corrected chi connectivity index (χ4v) is 3.87. The van der Waals surface area contributed by atoms with Gasteiger partial charge in [-0.05, 0) is 51.4 Å². The maximum absolute atomic E-state index is 10.7. The number of non-ortho nitro benzene ring substituents is 1. The van der Waals surface area contributed by atoms with Gasteiger partial charge in [0.1, 0.15) is 18.5 Å². The summed E-state index contributed by atoms with van der Waals surface area (Å²) in [6.45, 7) is 7.48. The van der Waals surface area contributed by atoms with Crippen molar-refractivity contribution in [3.8, 4) is 5.75 Å². The Hall–Kier alpha value is -2.39. The molecule has 9 heteroatoms. The molecule has 2 fully saturated rings. The van der Waals surface area contributed by atoms with Crippen LogP contribution in [0.1, 0.15) is 26.2 Å². The van der Waals surface area contributed by atoms with E-state index in [9.17, 15) is 15.2 Å². The highest BCUT2D eigenvalue weighted by Gasteiger charge is 2.30. The predicted molar refractivity (Wildman–Crippen MR) is 111 cm³/mol. The maximum Gasteiger partial charge on any atom is 0.269 e. The molecule has 2 heterocycles. The Labute approximate surface area is 171 Å². The molecule has 2 saturated heterocycles. The Bertz CT molecular complexity index is 691. The maximum atomic E-state index is 10.7. The monoisotopic (exact) mass is 405 g/mol. The van der Waals surface area contributed by atoms with E-state index in [0.29, 0.717) is 11.8 Å². The third-order valence-electron chi connectivity index (χ3n) is 5.40. The fourth-order valence-electron chi connectivity index (χ4n) is 3.87. The zero-order valence-electron chi connectivity index (χ0n) is 17.0. The number of aliphatic hydroxyl groups is 1. The fraction of sp³-hybridized carbons (Fsp3) is 0.650. The number of ether oxygens (including phenoxy) is 1. The molecular formula is C20H31N5O4. The molecule has 2 atom stereocenters. The first-order valence-electron chi connectivity index (χ1n) is 10.4. The number of nitrogens with zero attached hydrogens (tertiary/aromatic N) is 4. The van der Waals surface area contributed by atoms with E-state index in [0.717, 1.165) is 32.0 Å². The molecule has 0 radical (unpaired) electrons. The zero-order chi connectivity index (χ0) is 20.6. The van der Waals surface area contributed by atoms with E-state index in [-0.39, 0.29) is 18.8 Å². The molecule has 0 aliphatic carbocycles. The van der Waals surface area contributed by atoms with Crippen LogP contribution in [-0.4, -0.2) is 83.8 Å². The molecule has 3 rings (SSSR count). The van der Waals surface area contributed by atoms with Crippen LogP contribution < -0.4 is 10.1 Å². The van der Waals surface area contributed by atoms with Gasteiger partial charge in [0.15, 0.2) is 5.96 Å².